The Labute approximate surface area is 213 Å². The summed E-state index contributed by atoms with van der Waals surface area (Å²) in [5.41, 5.74) is 1.10. The SMILES string of the molecule is CC1(C)[C@H]2CC[C@@]1(c1cccc(-c3n[nH]c([C@H](O)C(F)(F)F)n3)n1)c1nnc(-c3c(F)cccc3F)cc12. The average molecular weight is 528 g/mol. The second-order valence-electron chi connectivity index (χ2n) is 10.2. The first-order chi connectivity index (χ1) is 17.9. The topological polar surface area (TPSA) is 100 Å². The van der Waals surface area contributed by atoms with Crippen LogP contribution in [0.5, 0.6) is 0 Å². The van der Waals surface area contributed by atoms with Gasteiger partial charge in [0.05, 0.1) is 28.1 Å². The number of alkyl halides is 3. The van der Waals surface area contributed by atoms with Crippen molar-refractivity contribution in [2.24, 2.45) is 5.41 Å². The van der Waals surface area contributed by atoms with E-state index in [1.54, 1.807) is 18.2 Å². The number of nitrogens with zero attached hydrogens (tertiary/aromatic N) is 5. The molecule has 196 valence electrons. The molecule has 0 radical (unpaired) electrons. The summed E-state index contributed by atoms with van der Waals surface area (Å²) in [6.45, 7) is 4.16. The number of aromatic amines is 1. The van der Waals surface area contributed by atoms with Crippen LogP contribution >= 0.6 is 0 Å². The summed E-state index contributed by atoms with van der Waals surface area (Å²) in [6.07, 6.45) is -6.24. The number of aromatic nitrogens is 6. The van der Waals surface area contributed by atoms with Gasteiger partial charge in [-0.25, -0.2) is 18.7 Å². The fourth-order valence-electron chi connectivity index (χ4n) is 6.22. The second-order valence-corrected chi connectivity index (χ2v) is 10.2. The molecule has 38 heavy (non-hydrogen) atoms. The van der Waals surface area contributed by atoms with Gasteiger partial charge in [0.2, 0.25) is 6.10 Å². The number of fused-ring (bicyclic) bond motifs is 5. The van der Waals surface area contributed by atoms with Gasteiger partial charge in [-0.05, 0) is 60.1 Å². The van der Waals surface area contributed by atoms with Gasteiger partial charge in [0, 0.05) is 0 Å². The maximum Gasteiger partial charge on any atom is 0.421 e. The summed E-state index contributed by atoms with van der Waals surface area (Å²) in [5, 5.41) is 24.2. The third-order valence-corrected chi connectivity index (χ3v) is 8.09. The summed E-state index contributed by atoms with van der Waals surface area (Å²) in [4.78, 5) is 8.55. The molecular formula is C26H21F5N6O. The molecule has 0 spiro atoms. The molecule has 0 amide bonds. The van der Waals surface area contributed by atoms with E-state index in [1.165, 1.54) is 18.2 Å². The van der Waals surface area contributed by atoms with E-state index in [0.717, 1.165) is 12.0 Å². The highest BCUT2D eigenvalue weighted by Crippen LogP contribution is 2.69. The fourth-order valence-corrected chi connectivity index (χ4v) is 6.22. The zero-order chi connectivity index (χ0) is 27.0. The molecule has 3 atom stereocenters. The number of H-pyrrole nitrogens is 1. The molecule has 0 aliphatic heterocycles. The average Bonchev–Trinajstić information content (AvgIpc) is 3.51. The molecule has 7 nitrogen and oxygen atoms in total. The standard InChI is InChI=1S/C26H21F5N6O/c1-24(2)13-9-10-25(24,20-12(13)11-17(34-35-20)19-14(27)5-3-6-15(19)28)18-8-4-7-16(32-18)22-33-23(37-36-22)21(38)26(29,30)31/h3-8,11,13,21,38H,9-10H2,1-2H3,(H,33,36,37)/t13-,21-,25+/m0/s1. The normalized spacial score (nSPS) is 22.5. The Bertz CT molecular complexity index is 1550. The Hall–Kier alpha value is -3.80. The minimum atomic E-state index is -4.90. The Morgan fingerprint density at radius 3 is 2.42 bits per heavy atom. The first kappa shape index (κ1) is 24.5. The molecule has 0 saturated heterocycles. The monoisotopic (exact) mass is 528 g/mol. The molecule has 3 heterocycles. The van der Waals surface area contributed by atoms with Crippen molar-refractivity contribution >= 4 is 0 Å². The van der Waals surface area contributed by atoms with Crippen LogP contribution in [0.2, 0.25) is 0 Å². The summed E-state index contributed by atoms with van der Waals surface area (Å²) in [6, 6.07) is 10.4. The lowest BCUT2D eigenvalue weighted by molar-refractivity contribution is -0.209. The molecule has 0 unspecified atom stereocenters. The number of nitrogens with one attached hydrogen (secondary N) is 1. The van der Waals surface area contributed by atoms with Crippen LogP contribution in [0.1, 0.15) is 61.5 Å². The van der Waals surface area contributed by atoms with Crippen LogP contribution in [-0.4, -0.2) is 41.6 Å². The first-order valence-corrected chi connectivity index (χ1v) is 11.9. The Morgan fingerprint density at radius 1 is 1.00 bits per heavy atom. The highest BCUT2D eigenvalue weighted by molar-refractivity contribution is 5.64. The first-order valence-electron chi connectivity index (χ1n) is 11.9. The van der Waals surface area contributed by atoms with E-state index in [2.05, 4.69) is 39.2 Å². The van der Waals surface area contributed by atoms with Crippen molar-refractivity contribution in [3.63, 3.8) is 0 Å². The van der Waals surface area contributed by atoms with Gasteiger partial charge in [0.15, 0.2) is 11.6 Å². The lowest BCUT2D eigenvalue weighted by Gasteiger charge is -2.37. The fraction of sp³-hybridized carbons (Fsp3) is 0.346. The number of rotatable bonds is 4. The van der Waals surface area contributed by atoms with Crippen molar-refractivity contribution in [3.8, 4) is 22.8 Å². The van der Waals surface area contributed by atoms with Crippen LogP contribution in [0.15, 0.2) is 42.5 Å². The highest BCUT2D eigenvalue weighted by Gasteiger charge is 2.65. The zero-order valence-corrected chi connectivity index (χ0v) is 20.2. The van der Waals surface area contributed by atoms with Gasteiger partial charge in [-0.15, -0.1) is 5.10 Å². The highest BCUT2D eigenvalue weighted by atomic mass is 19.4. The third-order valence-electron chi connectivity index (χ3n) is 8.09. The second kappa shape index (κ2) is 8.10. The number of pyridine rings is 1. The Kier molecular flexibility index (Phi) is 5.23. The molecule has 12 heteroatoms. The molecule has 1 saturated carbocycles. The van der Waals surface area contributed by atoms with Gasteiger partial charge in [-0.2, -0.15) is 23.4 Å². The molecule has 2 bridgehead atoms. The van der Waals surface area contributed by atoms with Crippen molar-refractivity contribution in [1.29, 1.82) is 0 Å². The van der Waals surface area contributed by atoms with Crippen LogP contribution in [0.4, 0.5) is 22.0 Å². The van der Waals surface area contributed by atoms with Gasteiger partial charge in [-0.1, -0.05) is 26.0 Å². The quantitative estimate of drug-likeness (QED) is 0.344. The van der Waals surface area contributed by atoms with Crippen molar-refractivity contribution in [3.05, 3.63) is 76.9 Å². The van der Waals surface area contributed by atoms with Gasteiger partial charge in [0.25, 0.3) is 0 Å². The minimum Gasteiger partial charge on any atom is -0.377 e. The lowest BCUT2D eigenvalue weighted by atomic mass is 9.66. The number of aliphatic hydroxyl groups excluding tert-OH is 1. The van der Waals surface area contributed by atoms with Crippen LogP contribution in [0.25, 0.3) is 22.8 Å². The maximum atomic E-state index is 14.5. The molecular weight excluding hydrogens is 507 g/mol. The van der Waals surface area contributed by atoms with Crippen molar-refractivity contribution in [2.45, 2.75) is 50.3 Å². The molecule has 1 aromatic carbocycles. The van der Waals surface area contributed by atoms with Crippen molar-refractivity contribution in [2.75, 3.05) is 0 Å². The summed E-state index contributed by atoms with van der Waals surface area (Å²) < 4.78 is 67.7. The van der Waals surface area contributed by atoms with Gasteiger partial charge < -0.3 is 5.11 Å². The number of hydrogen-bond donors (Lipinski definition) is 2. The predicted octanol–water partition coefficient (Wildman–Crippen LogP) is 5.40. The molecule has 2 aliphatic carbocycles. The number of halogens is 5. The van der Waals surface area contributed by atoms with Crippen molar-refractivity contribution < 1.29 is 27.1 Å². The maximum absolute atomic E-state index is 14.5. The largest absolute Gasteiger partial charge is 0.421 e. The zero-order valence-electron chi connectivity index (χ0n) is 20.2. The molecule has 3 aromatic heterocycles. The van der Waals surface area contributed by atoms with E-state index in [4.69, 9.17) is 4.98 Å². The lowest BCUT2D eigenvalue weighted by Crippen LogP contribution is -2.37. The van der Waals surface area contributed by atoms with Gasteiger partial charge in [0.1, 0.15) is 17.3 Å². The van der Waals surface area contributed by atoms with Crippen LogP contribution in [-0.2, 0) is 5.41 Å². The van der Waals surface area contributed by atoms with Crippen LogP contribution < -0.4 is 0 Å². The van der Waals surface area contributed by atoms with Crippen LogP contribution in [0, 0.1) is 17.0 Å². The Morgan fingerprint density at radius 2 is 1.71 bits per heavy atom. The smallest absolute Gasteiger partial charge is 0.377 e. The van der Waals surface area contributed by atoms with Crippen LogP contribution in [0.3, 0.4) is 0 Å². The van der Waals surface area contributed by atoms with E-state index in [9.17, 15) is 27.1 Å². The summed E-state index contributed by atoms with van der Waals surface area (Å²) in [5.74, 6) is -2.27. The summed E-state index contributed by atoms with van der Waals surface area (Å²) >= 11 is 0. The third kappa shape index (κ3) is 3.32. The summed E-state index contributed by atoms with van der Waals surface area (Å²) in [7, 11) is 0. The molecule has 1 fully saturated rings. The number of hydrogen-bond acceptors (Lipinski definition) is 6. The van der Waals surface area contributed by atoms with Crippen molar-refractivity contribution in [1.82, 2.24) is 30.4 Å². The molecule has 4 aromatic rings. The Balaban J connectivity index is 1.45. The van der Waals surface area contributed by atoms with E-state index in [-0.39, 0.29) is 28.7 Å². The van der Waals surface area contributed by atoms with Gasteiger partial charge >= 0.3 is 6.18 Å². The number of aliphatic hydroxyl groups is 1. The molecule has 2 aliphatic rings. The van der Waals surface area contributed by atoms with E-state index in [0.29, 0.717) is 17.8 Å². The minimum absolute atomic E-state index is 0.0177. The molecule has 2 N–H and O–H groups in total. The van der Waals surface area contributed by atoms with E-state index < -0.39 is 40.6 Å². The van der Waals surface area contributed by atoms with Gasteiger partial charge in [-0.3, -0.25) is 5.10 Å². The number of benzene rings is 1. The molecule has 6 rings (SSSR count). The van der Waals surface area contributed by atoms with E-state index in [1.807, 2.05) is 6.07 Å². The predicted molar refractivity (Wildman–Crippen MR) is 125 cm³/mol. The van der Waals surface area contributed by atoms with E-state index >= 15 is 0 Å².